The number of rotatable bonds is 5. The minimum absolute atomic E-state index is 0.584. The molecule has 0 aromatic heterocycles. The minimum Gasteiger partial charge on any atom is -0.493 e. The second kappa shape index (κ2) is 6.48. The molecule has 98 valence electrons. The Morgan fingerprint density at radius 1 is 1.33 bits per heavy atom. The standard InChI is InChI=1S/C12H17N3O3/c1-8(14-15-12(13)16)6-9-4-5-10(17-2)11(7-9)18-3/h4-5,7H,6H2,1-3H3,(H3,13,15,16). The van der Waals surface area contributed by atoms with Crippen molar-refractivity contribution in [3.05, 3.63) is 23.8 Å². The van der Waals surface area contributed by atoms with Gasteiger partial charge in [0.25, 0.3) is 0 Å². The van der Waals surface area contributed by atoms with Crippen molar-refractivity contribution < 1.29 is 14.3 Å². The number of methoxy groups -OCH3 is 2. The summed E-state index contributed by atoms with van der Waals surface area (Å²) in [6.07, 6.45) is 0.584. The van der Waals surface area contributed by atoms with Gasteiger partial charge in [-0.2, -0.15) is 5.10 Å². The number of benzene rings is 1. The summed E-state index contributed by atoms with van der Waals surface area (Å²) in [5.41, 5.74) is 8.85. The molecule has 6 heteroatoms. The Morgan fingerprint density at radius 2 is 2.00 bits per heavy atom. The molecule has 0 unspecified atom stereocenters. The van der Waals surface area contributed by atoms with Crippen molar-refractivity contribution in [2.45, 2.75) is 13.3 Å². The lowest BCUT2D eigenvalue weighted by Crippen LogP contribution is -2.25. The summed E-state index contributed by atoms with van der Waals surface area (Å²) in [5, 5.41) is 3.84. The lowest BCUT2D eigenvalue weighted by molar-refractivity contribution is 0.249. The molecule has 0 aliphatic rings. The second-order valence-electron chi connectivity index (χ2n) is 3.69. The number of hydrogen-bond donors (Lipinski definition) is 2. The van der Waals surface area contributed by atoms with Crippen LogP contribution < -0.4 is 20.6 Å². The Bertz CT molecular complexity index is 458. The first kappa shape index (κ1) is 13.8. The SMILES string of the molecule is COc1ccc(CC(C)=NNC(N)=O)cc1OC. The van der Waals surface area contributed by atoms with Crippen molar-refractivity contribution in [1.82, 2.24) is 5.43 Å². The first-order valence-corrected chi connectivity index (χ1v) is 5.36. The molecular weight excluding hydrogens is 234 g/mol. The van der Waals surface area contributed by atoms with Gasteiger partial charge >= 0.3 is 6.03 Å². The fourth-order valence-electron chi connectivity index (χ4n) is 1.48. The van der Waals surface area contributed by atoms with Crippen LogP contribution in [0.1, 0.15) is 12.5 Å². The van der Waals surface area contributed by atoms with E-state index in [2.05, 4.69) is 10.5 Å². The third-order valence-corrected chi connectivity index (χ3v) is 2.26. The largest absolute Gasteiger partial charge is 0.493 e. The Balaban J connectivity index is 2.79. The first-order chi connectivity index (χ1) is 8.56. The summed E-state index contributed by atoms with van der Waals surface area (Å²) < 4.78 is 10.3. The number of primary amides is 1. The van der Waals surface area contributed by atoms with Crippen LogP contribution in [0.25, 0.3) is 0 Å². The third kappa shape index (κ3) is 3.97. The summed E-state index contributed by atoms with van der Waals surface area (Å²) in [7, 11) is 3.16. The zero-order valence-electron chi connectivity index (χ0n) is 10.7. The van der Waals surface area contributed by atoms with Crippen LogP contribution in [-0.2, 0) is 6.42 Å². The summed E-state index contributed by atoms with van der Waals surface area (Å²) >= 11 is 0. The maximum Gasteiger partial charge on any atom is 0.332 e. The van der Waals surface area contributed by atoms with E-state index in [9.17, 15) is 4.79 Å². The fraction of sp³-hybridized carbons (Fsp3) is 0.333. The molecule has 6 nitrogen and oxygen atoms in total. The van der Waals surface area contributed by atoms with Crippen molar-refractivity contribution in [3.63, 3.8) is 0 Å². The third-order valence-electron chi connectivity index (χ3n) is 2.26. The average molecular weight is 251 g/mol. The second-order valence-corrected chi connectivity index (χ2v) is 3.69. The molecule has 2 amide bonds. The van der Waals surface area contributed by atoms with E-state index in [0.717, 1.165) is 11.3 Å². The number of nitrogens with two attached hydrogens (primary N) is 1. The molecule has 0 saturated heterocycles. The van der Waals surface area contributed by atoms with E-state index in [4.69, 9.17) is 15.2 Å². The molecule has 3 N–H and O–H groups in total. The summed E-state index contributed by atoms with van der Waals surface area (Å²) in [6, 6.07) is 4.91. The molecule has 0 aliphatic carbocycles. The number of hydrogen-bond acceptors (Lipinski definition) is 4. The molecule has 0 bridgehead atoms. The van der Waals surface area contributed by atoms with Gasteiger partial charge < -0.3 is 15.2 Å². The molecular formula is C12H17N3O3. The normalized spacial score (nSPS) is 10.9. The number of ether oxygens (including phenoxy) is 2. The molecule has 18 heavy (non-hydrogen) atoms. The highest BCUT2D eigenvalue weighted by molar-refractivity contribution is 5.85. The van der Waals surface area contributed by atoms with Crippen LogP contribution in [0.2, 0.25) is 0 Å². The number of carbonyl (C=O) groups excluding carboxylic acids is 1. The van der Waals surface area contributed by atoms with Crippen molar-refractivity contribution in [2.75, 3.05) is 14.2 Å². The van der Waals surface area contributed by atoms with Crippen molar-refractivity contribution >= 4 is 11.7 Å². The van der Waals surface area contributed by atoms with Crippen LogP contribution in [0, 0.1) is 0 Å². The maximum atomic E-state index is 10.5. The van der Waals surface area contributed by atoms with Crippen LogP contribution in [0.15, 0.2) is 23.3 Å². The zero-order valence-corrected chi connectivity index (χ0v) is 10.7. The number of hydrazone groups is 1. The average Bonchev–Trinajstić information content (AvgIpc) is 2.36. The summed E-state index contributed by atoms with van der Waals surface area (Å²) in [5.74, 6) is 1.33. The van der Waals surface area contributed by atoms with E-state index in [1.807, 2.05) is 18.2 Å². The van der Waals surface area contributed by atoms with Crippen molar-refractivity contribution in [3.8, 4) is 11.5 Å². The van der Waals surface area contributed by atoms with Gasteiger partial charge in [0.2, 0.25) is 0 Å². The molecule has 0 aliphatic heterocycles. The Hall–Kier alpha value is -2.24. The highest BCUT2D eigenvalue weighted by Gasteiger charge is 2.05. The molecule has 0 spiro atoms. The topological polar surface area (TPSA) is 85.9 Å². The van der Waals surface area contributed by atoms with Crippen LogP contribution in [0.3, 0.4) is 0 Å². The van der Waals surface area contributed by atoms with Crippen LogP contribution in [-0.4, -0.2) is 26.0 Å². The number of carbonyl (C=O) groups is 1. The number of urea groups is 1. The number of amides is 2. The predicted octanol–water partition coefficient (Wildman–Crippen LogP) is 1.29. The number of nitrogens with one attached hydrogen (secondary N) is 1. The molecule has 0 fully saturated rings. The molecule has 1 rings (SSSR count). The van der Waals surface area contributed by atoms with Gasteiger partial charge in [-0.3, -0.25) is 0 Å². The maximum absolute atomic E-state index is 10.5. The van der Waals surface area contributed by atoms with E-state index in [1.54, 1.807) is 21.1 Å². The van der Waals surface area contributed by atoms with E-state index < -0.39 is 6.03 Å². The molecule has 0 atom stereocenters. The van der Waals surface area contributed by atoms with Gasteiger partial charge in [0.05, 0.1) is 14.2 Å². The van der Waals surface area contributed by atoms with E-state index in [1.165, 1.54) is 0 Å². The molecule has 1 aromatic carbocycles. The molecule has 0 saturated carbocycles. The van der Waals surface area contributed by atoms with Crippen molar-refractivity contribution in [1.29, 1.82) is 0 Å². The lowest BCUT2D eigenvalue weighted by Gasteiger charge is -2.09. The van der Waals surface area contributed by atoms with Gasteiger partial charge in [-0.1, -0.05) is 6.07 Å². The molecule has 0 radical (unpaired) electrons. The van der Waals surface area contributed by atoms with Gasteiger partial charge in [-0.25, -0.2) is 10.2 Å². The molecule has 0 heterocycles. The van der Waals surface area contributed by atoms with Crippen LogP contribution in [0.5, 0.6) is 11.5 Å². The van der Waals surface area contributed by atoms with E-state index in [0.29, 0.717) is 17.9 Å². The Morgan fingerprint density at radius 3 is 2.56 bits per heavy atom. The van der Waals surface area contributed by atoms with Gasteiger partial charge in [-0.05, 0) is 24.6 Å². The van der Waals surface area contributed by atoms with Gasteiger partial charge in [0, 0.05) is 12.1 Å². The predicted molar refractivity (Wildman–Crippen MR) is 69.1 cm³/mol. The quantitative estimate of drug-likeness (QED) is 0.610. The highest BCUT2D eigenvalue weighted by atomic mass is 16.5. The van der Waals surface area contributed by atoms with Crippen LogP contribution >= 0.6 is 0 Å². The van der Waals surface area contributed by atoms with Crippen molar-refractivity contribution in [2.24, 2.45) is 10.8 Å². The minimum atomic E-state index is -0.679. The monoisotopic (exact) mass is 251 g/mol. The molecule has 1 aromatic rings. The Labute approximate surface area is 106 Å². The smallest absolute Gasteiger partial charge is 0.332 e. The highest BCUT2D eigenvalue weighted by Crippen LogP contribution is 2.27. The van der Waals surface area contributed by atoms with Gasteiger partial charge in [-0.15, -0.1) is 0 Å². The summed E-state index contributed by atoms with van der Waals surface area (Å²) in [6.45, 7) is 1.80. The lowest BCUT2D eigenvalue weighted by atomic mass is 10.1. The van der Waals surface area contributed by atoms with Gasteiger partial charge in [0.1, 0.15) is 0 Å². The van der Waals surface area contributed by atoms with Crippen LogP contribution in [0.4, 0.5) is 4.79 Å². The van der Waals surface area contributed by atoms with E-state index in [-0.39, 0.29) is 0 Å². The van der Waals surface area contributed by atoms with E-state index >= 15 is 0 Å². The summed E-state index contributed by atoms with van der Waals surface area (Å²) in [4.78, 5) is 10.5. The Kier molecular flexibility index (Phi) is 4.98. The number of nitrogens with zero attached hydrogens (tertiary/aromatic N) is 1. The first-order valence-electron chi connectivity index (χ1n) is 5.36. The van der Waals surface area contributed by atoms with Gasteiger partial charge in [0.15, 0.2) is 11.5 Å². The zero-order chi connectivity index (χ0) is 13.5. The fourth-order valence-corrected chi connectivity index (χ4v) is 1.48.